The Balaban J connectivity index is 2.02. The van der Waals surface area contributed by atoms with Crippen LogP contribution in [0.1, 0.15) is 27.0 Å². The van der Waals surface area contributed by atoms with Crippen molar-refractivity contribution < 1.29 is 9.72 Å². The van der Waals surface area contributed by atoms with Crippen molar-refractivity contribution in [2.75, 3.05) is 0 Å². The molecule has 6 nitrogen and oxygen atoms in total. The normalized spacial score (nSPS) is 10.6. The van der Waals surface area contributed by atoms with Crippen LogP contribution in [0.5, 0.6) is 0 Å². The molecule has 0 radical (unpaired) electrons. The molecule has 0 heterocycles. The van der Waals surface area contributed by atoms with Crippen LogP contribution < -0.4 is 5.43 Å². The minimum Gasteiger partial charge on any atom is -0.267 e. The Labute approximate surface area is 127 Å². The van der Waals surface area contributed by atoms with Gasteiger partial charge in [-0.15, -0.1) is 0 Å². The summed E-state index contributed by atoms with van der Waals surface area (Å²) in [7, 11) is 0. The highest BCUT2D eigenvalue weighted by atomic mass is 16.6. The van der Waals surface area contributed by atoms with Gasteiger partial charge in [0.15, 0.2) is 0 Å². The Hall–Kier alpha value is -3.02. The highest BCUT2D eigenvalue weighted by Gasteiger charge is 2.08. The molecule has 0 atom stereocenters. The summed E-state index contributed by atoms with van der Waals surface area (Å²) in [6, 6.07) is 11.3. The number of nitro benzene ring substituents is 1. The molecule has 1 amide bonds. The fourth-order valence-corrected chi connectivity index (χ4v) is 1.93. The lowest BCUT2D eigenvalue weighted by Crippen LogP contribution is -2.17. The van der Waals surface area contributed by atoms with Crippen LogP contribution in [-0.2, 0) is 0 Å². The van der Waals surface area contributed by atoms with Gasteiger partial charge in [-0.2, -0.15) is 5.10 Å². The summed E-state index contributed by atoms with van der Waals surface area (Å²) < 4.78 is 0. The molecule has 22 heavy (non-hydrogen) atoms. The lowest BCUT2D eigenvalue weighted by atomic mass is 10.1. The van der Waals surface area contributed by atoms with E-state index in [9.17, 15) is 14.9 Å². The minimum atomic E-state index is -0.514. The van der Waals surface area contributed by atoms with E-state index in [-0.39, 0.29) is 5.69 Å². The summed E-state index contributed by atoms with van der Waals surface area (Å²) in [6.07, 6.45) is 1.57. The minimum absolute atomic E-state index is 0.0599. The van der Waals surface area contributed by atoms with E-state index in [1.54, 1.807) is 6.21 Å². The third-order valence-electron chi connectivity index (χ3n) is 3.14. The van der Waals surface area contributed by atoms with Crippen molar-refractivity contribution in [1.29, 1.82) is 0 Å². The molecule has 2 rings (SSSR count). The molecular weight excluding hydrogens is 282 g/mol. The fourth-order valence-electron chi connectivity index (χ4n) is 1.93. The predicted octanol–water partition coefficient (Wildman–Crippen LogP) is 2.98. The van der Waals surface area contributed by atoms with E-state index in [0.29, 0.717) is 5.56 Å². The Bertz CT molecular complexity index is 737. The monoisotopic (exact) mass is 297 g/mol. The zero-order valence-corrected chi connectivity index (χ0v) is 12.2. The topological polar surface area (TPSA) is 84.6 Å². The average Bonchev–Trinajstić information content (AvgIpc) is 2.49. The highest BCUT2D eigenvalue weighted by molar-refractivity contribution is 5.95. The van der Waals surface area contributed by atoms with Gasteiger partial charge in [0.1, 0.15) is 0 Å². The van der Waals surface area contributed by atoms with Gasteiger partial charge >= 0.3 is 0 Å². The maximum absolute atomic E-state index is 11.9. The first-order chi connectivity index (χ1) is 10.5. The fraction of sp³-hybridized carbons (Fsp3) is 0.125. The zero-order chi connectivity index (χ0) is 16.1. The van der Waals surface area contributed by atoms with Gasteiger partial charge < -0.3 is 0 Å². The van der Waals surface area contributed by atoms with Gasteiger partial charge in [0.25, 0.3) is 11.6 Å². The molecule has 6 heteroatoms. The van der Waals surface area contributed by atoms with E-state index < -0.39 is 10.8 Å². The lowest BCUT2D eigenvalue weighted by Gasteiger charge is -2.02. The van der Waals surface area contributed by atoms with E-state index in [4.69, 9.17) is 0 Å². The first-order valence-corrected chi connectivity index (χ1v) is 6.62. The number of rotatable bonds is 4. The number of non-ortho nitro benzene ring substituents is 1. The second kappa shape index (κ2) is 6.62. The Kier molecular flexibility index (Phi) is 4.63. The number of nitrogens with one attached hydrogen (secondary N) is 1. The number of nitrogens with zero attached hydrogens (tertiary/aromatic N) is 2. The summed E-state index contributed by atoms with van der Waals surface area (Å²) in [5.74, 6) is -0.420. The second-order valence-electron chi connectivity index (χ2n) is 4.86. The largest absolute Gasteiger partial charge is 0.271 e. The van der Waals surface area contributed by atoms with Crippen LogP contribution in [0.25, 0.3) is 0 Å². The smallest absolute Gasteiger partial charge is 0.267 e. The summed E-state index contributed by atoms with van der Waals surface area (Å²) in [6.45, 7) is 3.97. The SMILES string of the molecule is Cc1ccc(C=NNC(=O)c2ccc([N+](=O)[O-])cc2)c(C)c1. The maximum atomic E-state index is 11.9. The Morgan fingerprint density at radius 1 is 1.18 bits per heavy atom. The van der Waals surface area contributed by atoms with E-state index in [0.717, 1.165) is 16.7 Å². The number of carbonyl (C=O) groups is 1. The first kappa shape index (κ1) is 15.4. The summed E-state index contributed by atoms with van der Waals surface area (Å²) in [5.41, 5.74) is 5.78. The van der Waals surface area contributed by atoms with Crippen molar-refractivity contribution in [2.24, 2.45) is 5.10 Å². The van der Waals surface area contributed by atoms with E-state index in [1.807, 2.05) is 32.0 Å². The molecule has 2 aromatic carbocycles. The molecule has 0 unspecified atom stereocenters. The van der Waals surface area contributed by atoms with Crippen LogP contribution in [-0.4, -0.2) is 17.0 Å². The maximum Gasteiger partial charge on any atom is 0.271 e. The van der Waals surface area contributed by atoms with Crippen molar-refractivity contribution in [3.8, 4) is 0 Å². The van der Waals surface area contributed by atoms with Gasteiger partial charge in [0.2, 0.25) is 0 Å². The Morgan fingerprint density at radius 2 is 1.86 bits per heavy atom. The molecule has 0 saturated heterocycles. The van der Waals surface area contributed by atoms with Crippen LogP contribution >= 0.6 is 0 Å². The Morgan fingerprint density at radius 3 is 2.45 bits per heavy atom. The second-order valence-corrected chi connectivity index (χ2v) is 4.86. The number of hydrogen-bond donors (Lipinski definition) is 1. The molecule has 0 aliphatic heterocycles. The molecule has 0 bridgehead atoms. The highest BCUT2D eigenvalue weighted by Crippen LogP contribution is 2.12. The van der Waals surface area contributed by atoms with E-state index in [2.05, 4.69) is 10.5 Å². The molecular formula is C16H15N3O3. The number of aryl methyl sites for hydroxylation is 2. The lowest BCUT2D eigenvalue weighted by molar-refractivity contribution is -0.384. The van der Waals surface area contributed by atoms with Crippen LogP contribution in [0.4, 0.5) is 5.69 Å². The summed E-state index contributed by atoms with van der Waals surface area (Å²) in [5, 5.41) is 14.5. The molecule has 112 valence electrons. The summed E-state index contributed by atoms with van der Waals surface area (Å²) >= 11 is 0. The number of hydrogen-bond acceptors (Lipinski definition) is 4. The van der Waals surface area contributed by atoms with Crippen LogP contribution in [0, 0.1) is 24.0 Å². The molecule has 1 N–H and O–H groups in total. The van der Waals surface area contributed by atoms with Gasteiger partial charge in [-0.1, -0.05) is 23.8 Å². The predicted molar refractivity (Wildman–Crippen MR) is 84.1 cm³/mol. The molecule has 0 aromatic heterocycles. The van der Waals surface area contributed by atoms with Crippen LogP contribution in [0.3, 0.4) is 0 Å². The molecule has 0 saturated carbocycles. The standard InChI is InChI=1S/C16H15N3O3/c1-11-3-4-14(12(2)9-11)10-17-18-16(20)13-5-7-15(8-6-13)19(21)22/h3-10H,1-2H3,(H,18,20). The third kappa shape index (κ3) is 3.76. The van der Waals surface area contributed by atoms with Crippen LogP contribution in [0.15, 0.2) is 47.6 Å². The van der Waals surface area contributed by atoms with Gasteiger partial charge in [0, 0.05) is 17.7 Å². The molecule has 2 aromatic rings. The number of carbonyl (C=O) groups excluding carboxylic acids is 1. The molecule has 0 spiro atoms. The molecule has 0 fully saturated rings. The van der Waals surface area contributed by atoms with Crippen molar-refractivity contribution >= 4 is 17.8 Å². The number of nitro groups is 1. The average molecular weight is 297 g/mol. The van der Waals surface area contributed by atoms with Gasteiger partial charge in [-0.3, -0.25) is 14.9 Å². The van der Waals surface area contributed by atoms with Crippen molar-refractivity contribution in [2.45, 2.75) is 13.8 Å². The number of amides is 1. The zero-order valence-electron chi connectivity index (χ0n) is 12.2. The van der Waals surface area contributed by atoms with Crippen LogP contribution in [0.2, 0.25) is 0 Å². The number of benzene rings is 2. The number of hydrazone groups is 1. The quantitative estimate of drug-likeness (QED) is 0.535. The third-order valence-corrected chi connectivity index (χ3v) is 3.14. The van der Waals surface area contributed by atoms with E-state index >= 15 is 0 Å². The molecule has 0 aliphatic rings. The van der Waals surface area contributed by atoms with Gasteiger partial charge in [-0.05, 0) is 37.1 Å². The summed E-state index contributed by atoms with van der Waals surface area (Å²) in [4.78, 5) is 21.9. The molecule has 0 aliphatic carbocycles. The van der Waals surface area contributed by atoms with Crippen molar-refractivity contribution in [1.82, 2.24) is 5.43 Å². The van der Waals surface area contributed by atoms with E-state index in [1.165, 1.54) is 24.3 Å². The van der Waals surface area contributed by atoms with Crippen molar-refractivity contribution in [3.63, 3.8) is 0 Å². The first-order valence-electron chi connectivity index (χ1n) is 6.62. The van der Waals surface area contributed by atoms with Crippen molar-refractivity contribution in [3.05, 3.63) is 74.8 Å². The van der Waals surface area contributed by atoms with Gasteiger partial charge in [0.05, 0.1) is 11.1 Å². The van der Waals surface area contributed by atoms with Gasteiger partial charge in [-0.25, -0.2) is 5.43 Å².